The van der Waals surface area contributed by atoms with Gasteiger partial charge in [0.15, 0.2) is 5.78 Å². The van der Waals surface area contributed by atoms with Crippen LogP contribution >= 0.6 is 27.5 Å². The molecule has 2 N–H and O–H groups in total. The summed E-state index contributed by atoms with van der Waals surface area (Å²) in [5.74, 6) is -0.711. The van der Waals surface area contributed by atoms with Crippen molar-refractivity contribution in [3.05, 3.63) is 81.5 Å². The first-order chi connectivity index (χ1) is 20.2. The fourth-order valence-corrected chi connectivity index (χ4v) is 6.62. The SMILES string of the molecule is CC(=O)c1nn(CC(=O)N2[C@@H]3CC[C@@H](C3)[C@H]2C(=O)Nc2cccc(Br)n2)c2ccc(NC(=O)c3ccccc3Cl)cc12. The molecule has 3 atom stereocenters. The van der Waals surface area contributed by atoms with Gasteiger partial charge in [-0.1, -0.05) is 29.8 Å². The third-order valence-corrected chi connectivity index (χ3v) is 8.62. The molecule has 2 fully saturated rings. The molecule has 3 heterocycles. The molecule has 1 aliphatic heterocycles. The number of amides is 3. The van der Waals surface area contributed by atoms with Crippen molar-refractivity contribution in [2.75, 3.05) is 10.6 Å². The van der Waals surface area contributed by atoms with Crippen molar-refractivity contribution >= 4 is 73.4 Å². The average molecular weight is 650 g/mol. The first kappa shape index (κ1) is 28.0. The fourth-order valence-electron chi connectivity index (χ4n) is 6.05. The highest BCUT2D eigenvalue weighted by Gasteiger charge is 2.51. The van der Waals surface area contributed by atoms with E-state index < -0.39 is 11.9 Å². The zero-order chi connectivity index (χ0) is 29.5. The molecule has 6 rings (SSSR count). The Kier molecular flexibility index (Phi) is 7.54. The quantitative estimate of drug-likeness (QED) is 0.206. The Morgan fingerprint density at radius 2 is 1.83 bits per heavy atom. The van der Waals surface area contributed by atoms with Crippen molar-refractivity contribution in [3.63, 3.8) is 0 Å². The molecule has 0 radical (unpaired) electrons. The maximum atomic E-state index is 13.8. The van der Waals surface area contributed by atoms with Crippen LogP contribution in [0, 0.1) is 5.92 Å². The number of nitrogens with zero attached hydrogens (tertiary/aromatic N) is 4. The van der Waals surface area contributed by atoms with Crippen LogP contribution in [0.1, 0.15) is 47.0 Å². The largest absolute Gasteiger partial charge is 0.326 e. The molecule has 2 aromatic heterocycles. The molecule has 3 amide bonds. The van der Waals surface area contributed by atoms with E-state index in [1.165, 1.54) is 11.6 Å². The minimum atomic E-state index is -0.613. The minimum Gasteiger partial charge on any atom is -0.326 e. The van der Waals surface area contributed by atoms with Gasteiger partial charge in [-0.25, -0.2) is 4.98 Å². The number of benzene rings is 2. The van der Waals surface area contributed by atoms with Gasteiger partial charge >= 0.3 is 0 Å². The third-order valence-electron chi connectivity index (χ3n) is 7.85. The lowest BCUT2D eigenvalue weighted by Crippen LogP contribution is -2.52. The number of fused-ring (bicyclic) bond motifs is 3. The first-order valence-electron chi connectivity index (χ1n) is 13.5. The number of likely N-dealkylation sites (tertiary alicyclic amines) is 1. The van der Waals surface area contributed by atoms with Crippen LogP contribution in [0.5, 0.6) is 0 Å². The highest BCUT2D eigenvalue weighted by molar-refractivity contribution is 9.10. The number of aromatic nitrogens is 3. The molecular weight excluding hydrogens is 624 g/mol. The monoisotopic (exact) mass is 648 g/mol. The van der Waals surface area contributed by atoms with Gasteiger partial charge in [0.05, 0.1) is 16.1 Å². The summed E-state index contributed by atoms with van der Waals surface area (Å²) >= 11 is 9.48. The van der Waals surface area contributed by atoms with E-state index in [4.69, 9.17) is 11.6 Å². The lowest BCUT2D eigenvalue weighted by molar-refractivity contribution is -0.141. The normalized spacial score (nSPS) is 19.2. The second kappa shape index (κ2) is 11.3. The fraction of sp³-hybridized carbons (Fsp3) is 0.267. The number of carbonyl (C=O) groups is 4. The molecule has 214 valence electrons. The summed E-state index contributed by atoms with van der Waals surface area (Å²) in [6.45, 7) is 1.26. The van der Waals surface area contributed by atoms with Crippen molar-refractivity contribution in [3.8, 4) is 0 Å². The molecule has 2 aliphatic rings. The molecule has 0 spiro atoms. The van der Waals surface area contributed by atoms with E-state index >= 15 is 0 Å². The second-order valence-electron chi connectivity index (χ2n) is 10.5. The van der Waals surface area contributed by atoms with Crippen molar-refractivity contribution in [1.29, 1.82) is 0 Å². The molecule has 1 saturated carbocycles. The standard InChI is InChI=1S/C30H26BrClN6O4/c1-16(39)27-21-14-18(33-29(41)20-5-2-3-6-22(20)32)10-12-23(21)37(36-27)15-26(40)38-19-11-9-17(13-19)28(38)30(42)35-25-8-4-7-24(31)34-25/h2-8,10,12,14,17,19,28H,9,11,13,15H2,1H3,(H,33,41)(H,34,35,42)/t17-,19+,28-/m0/s1. The van der Waals surface area contributed by atoms with Gasteiger partial charge in [0.2, 0.25) is 11.8 Å². The van der Waals surface area contributed by atoms with Gasteiger partial charge in [-0.15, -0.1) is 0 Å². The molecule has 1 aliphatic carbocycles. The van der Waals surface area contributed by atoms with Gasteiger partial charge in [-0.3, -0.25) is 23.9 Å². The number of hydrogen-bond donors (Lipinski definition) is 2. The van der Waals surface area contributed by atoms with Crippen LogP contribution in [0.25, 0.3) is 10.9 Å². The maximum absolute atomic E-state index is 13.8. The van der Waals surface area contributed by atoms with Gasteiger partial charge in [0, 0.05) is 24.0 Å². The molecule has 12 heteroatoms. The van der Waals surface area contributed by atoms with Crippen LogP contribution < -0.4 is 10.6 Å². The van der Waals surface area contributed by atoms with Crippen molar-refractivity contribution < 1.29 is 19.2 Å². The van der Waals surface area contributed by atoms with Gasteiger partial charge in [-0.05, 0) is 83.6 Å². The molecule has 10 nitrogen and oxygen atoms in total. The Balaban J connectivity index is 1.25. The number of pyridine rings is 1. The Morgan fingerprint density at radius 3 is 2.60 bits per heavy atom. The van der Waals surface area contributed by atoms with Gasteiger partial charge in [0.1, 0.15) is 28.7 Å². The number of rotatable bonds is 7. The minimum absolute atomic E-state index is 0.0329. The number of anilines is 2. The van der Waals surface area contributed by atoms with Crippen LogP contribution in [0.3, 0.4) is 0 Å². The topological polar surface area (TPSA) is 126 Å². The molecule has 1 saturated heterocycles. The predicted octanol–water partition coefficient (Wildman–Crippen LogP) is 5.32. The summed E-state index contributed by atoms with van der Waals surface area (Å²) in [5.41, 5.74) is 1.52. The molecule has 4 aromatic rings. The zero-order valence-corrected chi connectivity index (χ0v) is 24.9. The van der Waals surface area contributed by atoms with Gasteiger partial charge < -0.3 is 15.5 Å². The van der Waals surface area contributed by atoms with Crippen molar-refractivity contribution in [2.24, 2.45) is 5.92 Å². The summed E-state index contributed by atoms with van der Waals surface area (Å²) in [4.78, 5) is 58.4. The summed E-state index contributed by atoms with van der Waals surface area (Å²) < 4.78 is 2.09. The van der Waals surface area contributed by atoms with Crippen LogP contribution in [0.2, 0.25) is 5.02 Å². The number of carbonyl (C=O) groups excluding carboxylic acids is 4. The molecule has 42 heavy (non-hydrogen) atoms. The van der Waals surface area contributed by atoms with Crippen LogP contribution in [-0.4, -0.2) is 55.3 Å². The van der Waals surface area contributed by atoms with E-state index in [0.29, 0.717) is 37.6 Å². The smallest absolute Gasteiger partial charge is 0.257 e. The number of halogens is 2. The van der Waals surface area contributed by atoms with Crippen molar-refractivity contribution in [2.45, 2.75) is 44.8 Å². The van der Waals surface area contributed by atoms with E-state index in [1.54, 1.807) is 65.6 Å². The van der Waals surface area contributed by atoms with E-state index in [0.717, 1.165) is 19.3 Å². The number of ketones is 1. The van der Waals surface area contributed by atoms with Crippen LogP contribution in [0.15, 0.2) is 65.3 Å². The van der Waals surface area contributed by atoms with Crippen molar-refractivity contribution in [1.82, 2.24) is 19.7 Å². The van der Waals surface area contributed by atoms with E-state index in [9.17, 15) is 19.2 Å². The maximum Gasteiger partial charge on any atom is 0.257 e. The number of hydrogen-bond acceptors (Lipinski definition) is 6. The summed E-state index contributed by atoms with van der Waals surface area (Å²) in [7, 11) is 0. The number of piperidine rings is 1. The Bertz CT molecular complexity index is 1760. The average Bonchev–Trinajstić information content (AvgIpc) is 3.67. The Labute approximate surface area is 254 Å². The Morgan fingerprint density at radius 1 is 1.02 bits per heavy atom. The van der Waals surface area contributed by atoms with Gasteiger partial charge in [0.25, 0.3) is 5.91 Å². The van der Waals surface area contributed by atoms with Crippen LogP contribution in [0.4, 0.5) is 11.5 Å². The summed E-state index contributed by atoms with van der Waals surface area (Å²) in [6.07, 6.45) is 2.48. The zero-order valence-electron chi connectivity index (χ0n) is 22.5. The molecule has 0 unspecified atom stereocenters. The Hall–Kier alpha value is -4.09. The predicted molar refractivity (Wildman–Crippen MR) is 161 cm³/mol. The number of nitrogens with one attached hydrogen (secondary N) is 2. The lowest BCUT2D eigenvalue weighted by Gasteiger charge is -2.34. The first-order valence-corrected chi connectivity index (χ1v) is 14.7. The summed E-state index contributed by atoms with van der Waals surface area (Å²) in [6, 6.07) is 16.4. The second-order valence-corrected chi connectivity index (χ2v) is 11.8. The van der Waals surface area contributed by atoms with Crippen LogP contribution in [-0.2, 0) is 16.1 Å². The lowest BCUT2D eigenvalue weighted by atomic mass is 9.97. The van der Waals surface area contributed by atoms with E-state index in [2.05, 4.69) is 36.6 Å². The number of Topliss-reactive ketones (excluding diaryl/α,β-unsaturated/α-hetero) is 1. The van der Waals surface area contributed by atoms with E-state index in [-0.39, 0.29) is 41.8 Å². The molecule has 2 aromatic carbocycles. The summed E-state index contributed by atoms with van der Waals surface area (Å²) in [5, 5.41) is 11.0. The van der Waals surface area contributed by atoms with E-state index in [1.807, 2.05) is 0 Å². The highest BCUT2D eigenvalue weighted by atomic mass is 79.9. The third kappa shape index (κ3) is 5.30. The molecule has 2 bridgehead atoms. The highest BCUT2D eigenvalue weighted by Crippen LogP contribution is 2.43. The van der Waals surface area contributed by atoms with Gasteiger partial charge in [-0.2, -0.15) is 5.10 Å². The molecular formula is C30H26BrClN6O4.